The molecule has 3 heterocycles. The number of likely N-dealkylation sites (tertiary alicyclic amines) is 1. The van der Waals surface area contributed by atoms with E-state index in [0.29, 0.717) is 0 Å². The minimum absolute atomic E-state index is 0.313. The van der Waals surface area contributed by atoms with Crippen LogP contribution in [0.2, 0.25) is 0 Å². The van der Waals surface area contributed by atoms with Crippen molar-refractivity contribution in [1.82, 2.24) is 14.7 Å². The van der Waals surface area contributed by atoms with E-state index in [1.807, 2.05) is 6.20 Å². The fourth-order valence-corrected chi connectivity index (χ4v) is 3.70. The highest BCUT2D eigenvalue weighted by atomic mass is 16.7. The monoisotopic (exact) mass is 367 g/mol. The Bertz CT molecular complexity index is 763. The first kappa shape index (κ1) is 18.7. The molecule has 6 heteroatoms. The first-order chi connectivity index (χ1) is 12.8. The first-order valence-corrected chi connectivity index (χ1v) is 10.0. The molecular weight excluding hydrogens is 337 g/mol. The number of hydrogen-bond donors (Lipinski definition) is 0. The smallest absolute Gasteiger partial charge is 0.399 e. The van der Waals surface area contributed by atoms with Gasteiger partial charge in [0, 0.05) is 18.3 Å². The number of nitrogens with zero attached hydrogens (tertiary/aromatic N) is 3. The summed E-state index contributed by atoms with van der Waals surface area (Å²) in [5.74, 6) is 0. The van der Waals surface area contributed by atoms with Crippen LogP contribution in [0.4, 0.5) is 0 Å². The molecule has 4 rings (SSSR count). The van der Waals surface area contributed by atoms with E-state index in [2.05, 4.69) is 72.8 Å². The Morgan fingerprint density at radius 1 is 0.926 bits per heavy atom. The quantitative estimate of drug-likeness (QED) is 0.762. The van der Waals surface area contributed by atoms with E-state index in [1.165, 1.54) is 31.5 Å². The lowest BCUT2D eigenvalue weighted by Gasteiger charge is -2.32. The summed E-state index contributed by atoms with van der Waals surface area (Å²) in [4.78, 5) is 2.51. The molecule has 0 saturated carbocycles. The summed E-state index contributed by atoms with van der Waals surface area (Å²) in [6.07, 6.45) is 6.76. The van der Waals surface area contributed by atoms with Gasteiger partial charge < -0.3 is 14.2 Å². The molecule has 2 fully saturated rings. The highest BCUT2D eigenvalue weighted by molar-refractivity contribution is 6.62. The van der Waals surface area contributed by atoms with Gasteiger partial charge in [-0.2, -0.15) is 5.10 Å². The first-order valence-electron chi connectivity index (χ1n) is 10.0. The second-order valence-electron chi connectivity index (χ2n) is 8.75. The van der Waals surface area contributed by atoms with Crippen LogP contribution in [0.25, 0.3) is 11.1 Å². The predicted molar refractivity (Wildman–Crippen MR) is 109 cm³/mol. The zero-order valence-corrected chi connectivity index (χ0v) is 16.9. The molecule has 0 bridgehead atoms. The zero-order chi connectivity index (χ0) is 19.1. The molecule has 2 aliphatic heterocycles. The Labute approximate surface area is 162 Å². The molecule has 1 aromatic heterocycles. The second-order valence-corrected chi connectivity index (χ2v) is 8.75. The normalized spacial score (nSPS) is 21.9. The van der Waals surface area contributed by atoms with Crippen LogP contribution in [-0.4, -0.2) is 52.6 Å². The van der Waals surface area contributed by atoms with Crippen molar-refractivity contribution in [1.29, 1.82) is 0 Å². The van der Waals surface area contributed by atoms with Crippen molar-refractivity contribution in [3.63, 3.8) is 0 Å². The van der Waals surface area contributed by atoms with Crippen LogP contribution in [0.5, 0.6) is 0 Å². The molecule has 0 spiro atoms. The summed E-state index contributed by atoms with van der Waals surface area (Å²) in [5, 5.41) is 4.53. The third-order valence-corrected chi connectivity index (χ3v) is 6.25. The molecule has 0 radical (unpaired) electrons. The van der Waals surface area contributed by atoms with Crippen LogP contribution in [0.3, 0.4) is 0 Å². The van der Waals surface area contributed by atoms with Gasteiger partial charge in [0.2, 0.25) is 0 Å². The minimum atomic E-state index is -0.313. The fraction of sp³-hybridized carbons (Fsp3) is 0.571. The molecule has 0 amide bonds. The van der Waals surface area contributed by atoms with Gasteiger partial charge in [0.1, 0.15) is 0 Å². The van der Waals surface area contributed by atoms with E-state index in [9.17, 15) is 0 Å². The average Bonchev–Trinajstić information content (AvgIpc) is 3.34. The standard InChI is InChI=1S/C21H30BN3O2/c1-20(2)21(3,4)27-22(26-20)19-9-7-17(8-10-19)18-15-23-25(16-18)14-13-24-11-5-6-12-24/h7-10,15-16H,5-6,11-14H2,1-4H3. The Morgan fingerprint density at radius 2 is 1.56 bits per heavy atom. The molecule has 144 valence electrons. The summed E-state index contributed by atoms with van der Waals surface area (Å²) in [5.41, 5.74) is 2.75. The molecule has 2 aromatic rings. The lowest BCUT2D eigenvalue weighted by Crippen LogP contribution is -2.41. The van der Waals surface area contributed by atoms with Gasteiger partial charge in [0.15, 0.2) is 0 Å². The summed E-state index contributed by atoms with van der Waals surface area (Å²) in [7, 11) is -0.313. The van der Waals surface area contributed by atoms with E-state index in [1.54, 1.807) is 0 Å². The van der Waals surface area contributed by atoms with Crippen LogP contribution in [0, 0.1) is 0 Å². The lowest BCUT2D eigenvalue weighted by atomic mass is 9.78. The van der Waals surface area contributed by atoms with Crippen LogP contribution in [-0.2, 0) is 15.9 Å². The largest absolute Gasteiger partial charge is 0.494 e. The highest BCUT2D eigenvalue weighted by Crippen LogP contribution is 2.36. The van der Waals surface area contributed by atoms with Crippen LogP contribution in [0.1, 0.15) is 40.5 Å². The second kappa shape index (κ2) is 7.08. The number of rotatable bonds is 5. The Hall–Kier alpha value is -1.63. The summed E-state index contributed by atoms with van der Waals surface area (Å²) in [6.45, 7) is 12.8. The van der Waals surface area contributed by atoms with Crippen molar-refractivity contribution in [3.8, 4) is 11.1 Å². The fourth-order valence-electron chi connectivity index (χ4n) is 3.70. The van der Waals surface area contributed by atoms with Crippen LogP contribution < -0.4 is 5.46 Å². The Morgan fingerprint density at radius 3 is 2.19 bits per heavy atom. The van der Waals surface area contributed by atoms with E-state index < -0.39 is 0 Å². The van der Waals surface area contributed by atoms with Gasteiger partial charge in [0.05, 0.1) is 23.9 Å². The molecule has 1 aromatic carbocycles. The van der Waals surface area contributed by atoms with Crippen molar-refractivity contribution in [3.05, 3.63) is 36.7 Å². The maximum Gasteiger partial charge on any atom is 0.494 e. The summed E-state index contributed by atoms with van der Waals surface area (Å²) in [6, 6.07) is 8.45. The predicted octanol–water partition coefficient (Wildman–Crippen LogP) is 2.95. The molecule has 5 nitrogen and oxygen atoms in total. The van der Waals surface area contributed by atoms with Gasteiger partial charge in [0.25, 0.3) is 0 Å². The molecular formula is C21H30BN3O2. The maximum absolute atomic E-state index is 6.14. The Kier molecular flexibility index (Phi) is 4.91. The Balaban J connectivity index is 1.41. The molecule has 2 aliphatic rings. The highest BCUT2D eigenvalue weighted by Gasteiger charge is 2.51. The number of aromatic nitrogens is 2. The zero-order valence-electron chi connectivity index (χ0n) is 16.9. The number of benzene rings is 1. The van der Waals surface area contributed by atoms with Crippen molar-refractivity contribution < 1.29 is 9.31 Å². The number of hydrogen-bond acceptors (Lipinski definition) is 4. The lowest BCUT2D eigenvalue weighted by molar-refractivity contribution is 0.00578. The van der Waals surface area contributed by atoms with E-state index >= 15 is 0 Å². The van der Waals surface area contributed by atoms with Crippen LogP contribution >= 0.6 is 0 Å². The van der Waals surface area contributed by atoms with E-state index in [-0.39, 0.29) is 18.3 Å². The van der Waals surface area contributed by atoms with E-state index in [0.717, 1.165) is 24.1 Å². The van der Waals surface area contributed by atoms with Gasteiger partial charge in [-0.3, -0.25) is 4.68 Å². The van der Waals surface area contributed by atoms with Crippen molar-refractivity contribution in [2.75, 3.05) is 19.6 Å². The van der Waals surface area contributed by atoms with Crippen molar-refractivity contribution >= 4 is 12.6 Å². The van der Waals surface area contributed by atoms with Gasteiger partial charge in [-0.05, 0) is 64.7 Å². The van der Waals surface area contributed by atoms with Gasteiger partial charge in [-0.15, -0.1) is 0 Å². The molecule has 2 saturated heterocycles. The summed E-state index contributed by atoms with van der Waals surface area (Å²) >= 11 is 0. The summed E-state index contributed by atoms with van der Waals surface area (Å²) < 4.78 is 14.3. The molecule has 0 aliphatic carbocycles. The maximum atomic E-state index is 6.14. The van der Waals surface area contributed by atoms with Gasteiger partial charge >= 0.3 is 7.12 Å². The SMILES string of the molecule is CC1(C)OB(c2ccc(-c3cnn(CCN4CCCC4)c3)cc2)OC1(C)C. The third kappa shape index (κ3) is 3.84. The average molecular weight is 367 g/mol. The molecule has 27 heavy (non-hydrogen) atoms. The molecule has 0 atom stereocenters. The van der Waals surface area contributed by atoms with Gasteiger partial charge in [-0.25, -0.2) is 0 Å². The van der Waals surface area contributed by atoms with Crippen molar-refractivity contribution in [2.24, 2.45) is 0 Å². The topological polar surface area (TPSA) is 39.5 Å². The van der Waals surface area contributed by atoms with Gasteiger partial charge in [-0.1, -0.05) is 24.3 Å². The van der Waals surface area contributed by atoms with E-state index in [4.69, 9.17) is 9.31 Å². The minimum Gasteiger partial charge on any atom is -0.399 e. The third-order valence-electron chi connectivity index (χ3n) is 6.25. The molecule has 0 unspecified atom stereocenters. The van der Waals surface area contributed by atoms with Crippen LogP contribution in [0.15, 0.2) is 36.7 Å². The molecule has 0 N–H and O–H groups in total. The van der Waals surface area contributed by atoms with Crippen molar-refractivity contribution in [2.45, 2.75) is 58.3 Å².